The summed E-state index contributed by atoms with van der Waals surface area (Å²) in [7, 11) is 1.59. The summed E-state index contributed by atoms with van der Waals surface area (Å²) in [5.41, 5.74) is 0.677. The number of hydrogen-bond acceptors (Lipinski definition) is 2. The van der Waals surface area contributed by atoms with Gasteiger partial charge in [0.1, 0.15) is 5.75 Å². The van der Waals surface area contributed by atoms with E-state index in [1.54, 1.807) is 19.2 Å². The van der Waals surface area contributed by atoms with Crippen molar-refractivity contribution in [1.29, 1.82) is 0 Å². The van der Waals surface area contributed by atoms with E-state index in [4.69, 9.17) is 16.3 Å². The van der Waals surface area contributed by atoms with Gasteiger partial charge in [-0.25, -0.2) is 0 Å². The molecule has 19 heavy (non-hydrogen) atoms. The van der Waals surface area contributed by atoms with Gasteiger partial charge in [0.15, 0.2) is 0 Å². The molecule has 0 aliphatic carbocycles. The lowest BCUT2D eigenvalue weighted by Crippen LogP contribution is -2.34. The monoisotopic (exact) mass is 283 g/mol. The Labute approximate surface area is 120 Å². The standard InChI is InChI=1S/C15H22ClNO2/c1-15(2,8-5-9-16)11-17-14(18)12-6-4-7-13(10-12)19-3/h4,6-7,10H,5,8-9,11H2,1-3H3,(H,17,18). The summed E-state index contributed by atoms with van der Waals surface area (Å²) < 4.78 is 5.11. The fourth-order valence-electron chi connectivity index (χ4n) is 1.82. The molecule has 0 fully saturated rings. The first-order valence-electron chi connectivity index (χ1n) is 6.47. The molecule has 1 amide bonds. The summed E-state index contributed by atoms with van der Waals surface area (Å²) in [4.78, 5) is 12.0. The molecule has 0 bridgehead atoms. The predicted molar refractivity (Wildman–Crippen MR) is 79.1 cm³/mol. The van der Waals surface area contributed by atoms with Gasteiger partial charge < -0.3 is 10.1 Å². The molecule has 106 valence electrons. The predicted octanol–water partition coefficient (Wildman–Crippen LogP) is 3.47. The average molecular weight is 284 g/mol. The number of halogens is 1. The van der Waals surface area contributed by atoms with Crippen LogP contribution in [0.2, 0.25) is 0 Å². The molecule has 0 aromatic heterocycles. The Morgan fingerprint density at radius 1 is 1.42 bits per heavy atom. The number of hydrogen-bond donors (Lipinski definition) is 1. The molecule has 0 radical (unpaired) electrons. The normalized spacial score (nSPS) is 11.2. The van der Waals surface area contributed by atoms with Crippen LogP contribution in [0.1, 0.15) is 37.0 Å². The lowest BCUT2D eigenvalue weighted by molar-refractivity contribution is 0.0934. The molecule has 1 N–H and O–H groups in total. The van der Waals surface area contributed by atoms with E-state index in [9.17, 15) is 4.79 Å². The van der Waals surface area contributed by atoms with Gasteiger partial charge in [-0.1, -0.05) is 19.9 Å². The van der Waals surface area contributed by atoms with Crippen LogP contribution in [0.15, 0.2) is 24.3 Å². The third-order valence-corrected chi connectivity index (χ3v) is 3.31. The van der Waals surface area contributed by atoms with E-state index < -0.39 is 0 Å². The number of methoxy groups -OCH3 is 1. The largest absolute Gasteiger partial charge is 0.497 e. The molecule has 0 atom stereocenters. The van der Waals surface area contributed by atoms with Crippen LogP contribution >= 0.6 is 11.6 Å². The van der Waals surface area contributed by atoms with Crippen molar-refractivity contribution >= 4 is 17.5 Å². The van der Waals surface area contributed by atoms with Crippen LogP contribution in [0.5, 0.6) is 5.75 Å². The number of amides is 1. The molecule has 0 unspecified atom stereocenters. The van der Waals surface area contributed by atoms with Gasteiger partial charge in [0.05, 0.1) is 7.11 Å². The third kappa shape index (κ3) is 5.52. The van der Waals surface area contributed by atoms with E-state index in [1.807, 2.05) is 12.1 Å². The highest BCUT2D eigenvalue weighted by molar-refractivity contribution is 6.17. The summed E-state index contributed by atoms with van der Waals surface area (Å²) >= 11 is 5.70. The van der Waals surface area contributed by atoms with Crippen molar-refractivity contribution in [2.45, 2.75) is 26.7 Å². The zero-order chi connectivity index (χ0) is 14.3. The topological polar surface area (TPSA) is 38.3 Å². The lowest BCUT2D eigenvalue weighted by atomic mass is 9.88. The van der Waals surface area contributed by atoms with Crippen LogP contribution in [0.3, 0.4) is 0 Å². The number of carbonyl (C=O) groups is 1. The maximum Gasteiger partial charge on any atom is 0.251 e. The van der Waals surface area contributed by atoms with Crippen molar-refractivity contribution in [3.05, 3.63) is 29.8 Å². The maximum absolute atomic E-state index is 12.0. The number of rotatable bonds is 7. The van der Waals surface area contributed by atoms with Crippen molar-refractivity contribution in [2.75, 3.05) is 19.5 Å². The Morgan fingerprint density at radius 3 is 2.79 bits per heavy atom. The van der Waals surface area contributed by atoms with Gasteiger partial charge in [-0.2, -0.15) is 0 Å². The molecule has 0 aliphatic heterocycles. The zero-order valence-electron chi connectivity index (χ0n) is 11.8. The van der Waals surface area contributed by atoms with Crippen molar-refractivity contribution < 1.29 is 9.53 Å². The second kappa shape index (κ2) is 7.39. The zero-order valence-corrected chi connectivity index (χ0v) is 12.6. The van der Waals surface area contributed by atoms with Crippen molar-refractivity contribution in [1.82, 2.24) is 5.32 Å². The fraction of sp³-hybridized carbons (Fsp3) is 0.533. The molecule has 0 heterocycles. The first-order valence-corrected chi connectivity index (χ1v) is 7.00. The average Bonchev–Trinajstić information content (AvgIpc) is 2.43. The van der Waals surface area contributed by atoms with Crippen LogP contribution in [0.25, 0.3) is 0 Å². The molecule has 3 nitrogen and oxygen atoms in total. The van der Waals surface area contributed by atoms with Crippen LogP contribution in [-0.2, 0) is 0 Å². The minimum absolute atomic E-state index is 0.0589. The minimum Gasteiger partial charge on any atom is -0.497 e. The van der Waals surface area contributed by atoms with Crippen molar-refractivity contribution in [3.8, 4) is 5.75 Å². The number of nitrogens with one attached hydrogen (secondary N) is 1. The van der Waals surface area contributed by atoms with Gasteiger partial charge in [0, 0.05) is 18.0 Å². The van der Waals surface area contributed by atoms with Crippen LogP contribution in [-0.4, -0.2) is 25.4 Å². The van der Waals surface area contributed by atoms with Gasteiger partial charge in [-0.15, -0.1) is 11.6 Å². The van der Waals surface area contributed by atoms with Crippen LogP contribution < -0.4 is 10.1 Å². The smallest absolute Gasteiger partial charge is 0.251 e. The Balaban J connectivity index is 2.55. The molecule has 0 aliphatic rings. The molecule has 1 aromatic rings. The number of carbonyl (C=O) groups excluding carboxylic acids is 1. The number of alkyl halides is 1. The molecular formula is C15H22ClNO2. The molecule has 4 heteroatoms. The Kier molecular flexibility index (Phi) is 6.16. The molecule has 0 saturated carbocycles. The highest BCUT2D eigenvalue weighted by atomic mass is 35.5. The molecule has 1 aromatic carbocycles. The summed E-state index contributed by atoms with van der Waals surface area (Å²) in [5.74, 6) is 1.28. The first-order chi connectivity index (χ1) is 8.98. The fourth-order valence-corrected chi connectivity index (χ4v) is 1.95. The molecule has 0 spiro atoms. The van der Waals surface area contributed by atoms with Gasteiger partial charge in [0.25, 0.3) is 5.91 Å². The number of benzene rings is 1. The summed E-state index contributed by atoms with van der Waals surface area (Å²) in [6, 6.07) is 7.15. The van der Waals surface area contributed by atoms with Gasteiger partial charge in [-0.05, 0) is 36.5 Å². The highest BCUT2D eigenvalue weighted by Gasteiger charge is 2.18. The summed E-state index contributed by atoms with van der Waals surface area (Å²) in [6.07, 6.45) is 1.96. The Morgan fingerprint density at radius 2 is 2.16 bits per heavy atom. The van der Waals surface area contributed by atoms with E-state index in [1.165, 1.54) is 0 Å². The summed E-state index contributed by atoms with van der Waals surface area (Å²) in [5, 5.41) is 2.96. The second-order valence-corrected chi connectivity index (χ2v) is 5.75. The minimum atomic E-state index is -0.0714. The SMILES string of the molecule is COc1cccc(C(=O)NCC(C)(C)CCCCl)c1. The van der Waals surface area contributed by atoms with Crippen molar-refractivity contribution in [2.24, 2.45) is 5.41 Å². The Bertz CT molecular complexity index is 418. The second-order valence-electron chi connectivity index (χ2n) is 5.37. The third-order valence-electron chi connectivity index (χ3n) is 3.05. The molecular weight excluding hydrogens is 262 g/mol. The molecule has 1 rings (SSSR count). The van der Waals surface area contributed by atoms with E-state index in [0.717, 1.165) is 12.8 Å². The van der Waals surface area contributed by atoms with Crippen molar-refractivity contribution in [3.63, 3.8) is 0 Å². The van der Waals surface area contributed by atoms with Crippen LogP contribution in [0.4, 0.5) is 0 Å². The van der Waals surface area contributed by atoms with Gasteiger partial charge in [-0.3, -0.25) is 4.79 Å². The first kappa shape index (κ1) is 15.8. The van der Waals surface area contributed by atoms with Gasteiger partial charge >= 0.3 is 0 Å². The lowest BCUT2D eigenvalue weighted by Gasteiger charge is -2.24. The quantitative estimate of drug-likeness (QED) is 0.778. The Hall–Kier alpha value is -1.22. The van der Waals surface area contributed by atoms with Gasteiger partial charge in [0.2, 0.25) is 0 Å². The summed E-state index contributed by atoms with van der Waals surface area (Å²) in [6.45, 7) is 4.90. The van der Waals surface area contributed by atoms with Crippen LogP contribution in [0, 0.1) is 5.41 Å². The van der Waals surface area contributed by atoms with E-state index in [2.05, 4.69) is 19.2 Å². The highest BCUT2D eigenvalue weighted by Crippen LogP contribution is 2.21. The molecule has 0 saturated heterocycles. The number of ether oxygens (including phenoxy) is 1. The van der Waals surface area contributed by atoms with E-state index in [0.29, 0.717) is 23.7 Å². The maximum atomic E-state index is 12.0. The van der Waals surface area contributed by atoms with E-state index >= 15 is 0 Å². The van der Waals surface area contributed by atoms with E-state index in [-0.39, 0.29) is 11.3 Å².